The quantitative estimate of drug-likeness (QED) is 0.518. The van der Waals surface area contributed by atoms with Crippen LogP contribution in [0.3, 0.4) is 0 Å². The van der Waals surface area contributed by atoms with Gasteiger partial charge in [0, 0.05) is 0 Å². The van der Waals surface area contributed by atoms with Gasteiger partial charge in [0.15, 0.2) is 0 Å². The highest BCUT2D eigenvalue weighted by molar-refractivity contribution is 4.89. The number of hydrogen-bond acceptors (Lipinski definition) is 0. The van der Waals surface area contributed by atoms with Gasteiger partial charge in [-0.25, -0.2) is 0 Å². The van der Waals surface area contributed by atoms with E-state index in [1.165, 1.54) is 38.5 Å². The van der Waals surface area contributed by atoms with Crippen molar-refractivity contribution in [2.24, 2.45) is 17.3 Å². The van der Waals surface area contributed by atoms with E-state index in [-0.39, 0.29) is 0 Å². The molecule has 2 atom stereocenters. The summed E-state index contributed by atoms with van der Waals surface area (Å²) in [4.78, 5) is 0. The maximum Gasteiger partial charge on any atom is -0.0292 e. The molecule has 0 aromatic carbocycles. The van der Waals surface area contributed by atoms with Gasteiger partial charge >= 0.3 is 0 Å². The monoisotopic (exact) mass is 180 g/mol. The maximum absolute atomic E-state index is 2.46. The molecule has 0 aliphatic heterocycles. The van der Waals surface area contributed by atoms with E-state index in [1.807, 2.05) is 0 Å². The molecule has 2 fully saturated rings. The second kappa shape index (κ2) is 3.63. The van der Waals surface area contributed by atoms with Crippen LogP contribution in [0.25, 0.3) is 0 Å². The largest absolute Gasteiger partial charge is 0.0625 e. The minimum absolute atomic E-state index is 0.801. The molecule has 0 nitrogen and oxygen atoms in total. The van der Waals surface area contributed by atoms with E-state index in [0.29, 0.717) is 0 Å². The molecule has 0 heteroatoms. The van der Waals surface area contributed by atoms with Gasteiger partial charge in [-0.1, -0.05) is 33.1 Å². The van der Waals surface area contributed by atoms with Crippen molar-refractivity contribution in [2.75, 3.05) is 0 Å². The molecular weight excluding hydrogens is 156 g/mol. The van der Waals surface area contributed by atoms with Gasteiger partial charge in [0.05, 0.1) is 0 Å². The topological polar surface area (TPSA) is 0 Å². The Morgan fingerprint density at radius 2 is 1.38 bits per heavy atom. The van der Waals surface area contributed by atoms with E-state index in [2.05, 4.69) is 13.8 Å². The summed E-state index contributed by atoms with van der Waals surface area (Å²) in [5.41, 5.74) is 0.801. The van der Waals surface area contributed by atoms with Gasteiger partial charge in [0.25, 0.3) is 0 Å². The molecule has 0 amide bonds. The van der Waals surface area contributed by atoms with Crippen molar-refractivity contribution in [3.05, 3.63) is 0 Å². The number of hydrogen-bond donors (Lipinski definition) is 0. The summed E-state index contributed by atoms with van der Waals surface area (Å²) in [7, 11) is 0. The molecule has 0 N–H and O–H groups in total. The lowest BCUT2D eigenvalue weighted by Crippen LogP contribution is -2.33. The van der Waals surface area contributed by atoms with Crippen molar-refractivity contribution in [3.63, 3.8) is 0 Å². The van der Waals surface area contributed by atoms with Crippen molar-refractivity contribution >= 4 is 0 Å². The van der Waals surface area contributed by atoms with Crippen LogP contribution in [-0.4, -0.2) is 0 Å². The first-order chi connectivity index (χ1) is 6.20. The third-order valence-corrected chi connectivity index (χ3v) is 4.28. The van der Waals surface area contributed by atoms with Crippen LogP contribution in [0.4, 0.5) is 0 Å². The van der Waals surface area contributed by atoms with E-state index < -0.39 is 0 Å². The predicted octanol–water partition coefficient (Wildman–Crippen LogP) is 4.39. The minimum atomic E-state index is 0.801. The summed E-state index contributed by atoms with van der Waals surface area (Å²) < 4.78 is 0. The molecular formula is C13H24. The van der Waals surface area contributed by atoms with Crippen LogP contribution in [0.5, 0.6) is 0 Å². The Bertz CT molecular complexity index is 153. The molecule has 2 rings (SSSR count). The van der Waals surface area contributed by atoms with Crippen molar-refractivity contribution in [2.45, 2.75) is 65.2 Å². The molecule has 2 saturated carbocycles. The van der Waals surface area contributed by atoms with Crippen molar-refractivity contribution in [1.82, 2.24) is 0 Å². The highest BCUT2D eigenvalue weighted by Gasteiger charge is 2.38. The summed E-state index contributed by atoms with van der Waals surface area (Å²) >= 11 is 0. The molecule has 0 heterocycles. The van der Waals surface area contributed by atoms with Gasteiger partial charge in [-0.05, 0) is 49.4 Å². The SMILES string of the molecule is CC1CC(C)CC2(CCCCC2)C1. The first-order valence-corrected chi connectivity index (χ1v) is 6.20. The molecule has 0 aromatic rings. The third-order valence-electron chi connectivity index (χ3n) is 4.28. The second-order valence-corrected chi connectivity index (χ2v) is 5.91. The Morgan fingerprint density at radius 3 is 1.92 bits per heavy atom. The normalized spacial score (nSPS) is 39.2. The fourth-order valence-electron chi connectivity index (χ4n) is 4.13. The minimum Gasteiger partial charge on any atom is -0.0625 e. The molecule has 0 bridgehead atoms. The highest BCUT2D eigenvalue weighted by atomic mass is 14.4. The average Bonchev–Trinajstić information content (AvgIpc) is 2.02. The Morgan fingerprint density at radius 1 is 0.846 bits per heavy atom. The summed E-state index contributed by atoms with van der Waals surface area (Å²) in [5, 5.41) is 0. The second-order valence-electron chi connectivity index (χ2n) is 5.91. The van der Waals surface area contributed by atoms with E-state index in [9.17, 15) is 0 Å². The summed E-state index contributed by atoms with van der Waals surface area (Å²) in [6.07, 6.45) is 12.2. The highest BCUT2D eigenvalue weighted by Crippen LogP contribution is 2.50. The molecule has 2 aliphatic rings. The van der Waals surface area contributed by atoms with Crippen LogP contribution < -0.4 is 0 Å². The fraction of sp³-hybridized carbons (Fsp3) is 1.00. The van der Waals surface area contributed by atoms with Crippen LogP contribution in [0.2, 0.25) is 0 Å². The smallest absolute Gasteiger partial charge is 0.0292 e. The van der Waals surface area contributed by atoms with Gasteiger partial charge in [-0.3, -0.25) is 0 Å². The summed E-state index contributed by atoms with van der Waals surface area (Å²) in [6.45, 7) is 4.93. The molecule has 13 heavy (non-hydrogen) atoms. The Balaban J connectivity index is 2.02. The molecule has 2 unspecified atom stereocenters. The lowest BCUT2D eigenvalue weighted by molar-refractivity contribution is 0.0628. The maximum atomic E-state index is 2.46. The Kier molecular flexibility index (Phi) is 2.67. The van der Waals surface area contributed by atoms with Crippen molar-refractivity contribution in [3.8, 4) is 0 Å². The van der Waals surface area contributed by atoms with E-state index >= 15 is 0 Å². The predicted molar refractivity (Wildman–Crippen MR) is 57.7 cm³/mol. The standard InChI is InChI=1S/C13H24/c1-11-8-12(2)10-13(9-11)6-4-3-5-7-13/h11-12H,3-10H2,1-2H3. The third kappa shape index (κ3) is 2.08. The van der Waals surface area contributed by atoms with Crippen molar-refractivity contribution < 1.29 is 0 Å². The lowest BCUT2D eigenvalue weighted by Gasteiger charge is -2.45. The zero-order valence-corrected chi connectivity index (χ0v) is 9.31. The van der Waals surface area contributed by atoms with Crippen LogP contribution in [0, 0.1) is 17.3 Å². The number of rotatable bonds is 0. The van der Waals surface area contributed by atoms with Crippen LogP contribution >= 0.6 is 0 Å². The van der Waals surface area contributed by atoms with Gasteiger partial charge in [0.1, 0.15) is 0 Å². The van der Waals surface area contributed by atoms with E-state index in [1.54, 1.807) is 12.8 Å². The zero-order chi connectivity index (χ0) is 9.31. The van der Waals surface area contributed by atoms with Crippen LogP contribution in [-0.2, 0) is 0 Å². The molecule has 0 radical (unpaired) electrons. The Labute approximate surface area is 83.1 Å². The molecule has 76 valence electrons. The zero-order valence-electron chi connectivity index (χ0n) is 9.31. The summed E-state index contributed by atoms with van der Waals surface area (Å²) in [6, 6.07) is 0. The molecule has 2 aliphatic carbocycles. The molecule has 0 aromatic heterocycles. The van der Waals surface area contributed by atoms with Crippen LogP contribution in [0.15, 0.2) is 0 Å². The van der Waals surface area contributed by atoms with E-state index in [4.69, 9.17) is 0 Å². The van der Waals surface area contributed by atoms with Gasteiger partial charge in [-0.15, -0.1) is 0 Å². The van der Waals surface area contributed by atoms with Gasteiger partial charge in [0.2, 0.25) is 0 Å². The fourth-order valence-corrected chi connectivity index (χ4v) is 4.13. The molecule has 1 spiro atoms. The molecule has 0 saturated heterocycles. The average molecular weight is 180 g/mol. The summed E-state index contributed by atoms with van der Waals surface area (Å²) in [5.74, 6) is 2.00. The first-order valence-electron chi connectivity index (χ1n) is 6.20. The van der Waals surface area contributed by atoms with Crippen molar-refractivity contribution in [1.29, 1.82) is 0 Å². The first kappa shape index (κ1) is 9.55. The Hall–Kier alpha value is 0. The van der Waals surface area contributed by atoms with Crippen LogP contribution in [0.1, 0.15) is 65.2 Å². The van der Waals surface area contributed by atoms with Gasteiger partial charge in [-0.2, -0.15) is 0 Å². The van der Waals surface area contributed by atoms with E-state index in [0.717, 1.165) is 17.3 Å². The van der Waals surface area contributed by atoms with Gasteiger partial charge < -0.3 is 0 Å². The lowest BCUT2D eigenvalue weighted by atomic mass is 9.60.